The van der Waals surface area contributed by atoms with Crippen molar-refractivity contribution in [2.75, 3.05) is 39.4 Å². The second kappa shape index (κ2) is 15.7. The Labute approximate surface area is 309 Å². The molecule has 16 heteroatoms. The van der Waals surface area contributed by atoms with E-state index >= 15 is 4.39 Å². The van der Waals surface area contributed by atoms with Gasteiger partial charge in [0.2, 0.25) is 0 Å². The van der Waals surface area contributed by atoms with E-state index in [1.165, 1.54) is 9.47 Å². The van der Waals surface area contributed by atoms with Crippen LogP contribution >= 0.6 is 11.5 Å². The molecule has 52 heavy (non-hydrogen) atoms. The molecule has 1 aliphatic heterocycles. The number of nitrogens with one attached hydrogen (secondary N) is 1. The summed E-state index contributed by atoms with van der Waals surface area (Å²) in [5.41, 5.74) is -2.79. The minimum Gasteiger partial charge on any atom is -0.497 e. The minimum absolute atomic E-state index is 0.0154. The summed E-state index contributed by atoms with van der Waals surface area (Å²) in [5.74, 6) is 0.853. The van der Waals surface area contributed by atoms with Crippen LogP contribution in [0, 0.1) is 0 Å². The fourth-order valence-electron chi connectivity index (χ4n) is 6.87. The number of ether oxygens (including phenoxy) is 3. The number of methoxy groups -OCH3 is 2. The summed E-state index contributed by atoms with van der Waals surface area (Å²) in [6.45, 7) is 12.7. The lowest BCUT2D eigenvalue weighted by molar-refractivity contribution is -0.135. The SMILES string of the molecule is CCCCn1c(=O)n(C2CCC(F)(CN3C(=O)N(COCC[Si](C)(C)C)C(=O)C3(C)C)CC2)c(=O)c2c(NCc3ccc(OC)cc3OC)snc21. The molecule has 0 atom stereocenters. The first-order valence-corrected chi connectivity index (χ1v) is 22.5. The van der Waals surface area contributed by atoms with Crippen molar-refractivity contribution in [2.24, 2.45) is 0 Å². The molecule has 1 saturated carbocycles. The zero-order chi connectivity index (χ0) is 38.0. The first-order valence-electron chi connectivity index (χ1n) is 18.0. The van der Waals surface area contributed by atoms with Crippen molar-refractivity contribution in [1.82, 2.24) is 23.3 Å². The Hall–Kier alpha value is -3.76. The van der Waals surface area contributed by atoms with Crippen molar-refractivity contribution in [3.8, 4) is 11.5 Å². The summed E-state index contributed by atoms with van der Waals surface area (Å²) >= 11 is 1.12. The van der Waals surface area contributed by atoms with Gasteiger partial charge in [0.25, 0.3) is 11.5 Å². The summed E-state index contributed by atoms with van der Waals surface area (Å²) in [6, 6.07) is 5.26. The van der Waals surface area contributed by atoms with Crippen LogP contribution in [-0.2, 0) is 22.6 Å². The highest BCUT2D eigenvalue weighted by molar-refractivity contribution is 7.11. The molecule has 0 unspecified atom stereocenters. The number of imide groups is 1. The number of rotatable bonds is 16. The highest BCUT2D eigenvalue weighted by Gasteiger charge is 2.54. The molecule has 1 aliphatic carbocycles. The number of hydrogen-bond acceptors (Lipinski definition) is 10. The van der Waals surface area contributed by atoms with Crippen molar-refractivity contribution < 1.29 is 28.2 Å². The normalized spacial score (nSPS) is 20.6. The molecule has 3 amide bonds. The van der Waals surface area contributed by atoms with E-state index in [2.05, 4.69) is 29.3 Å². The second-order valence-corrected chi connectivity index (χ2v) is 22.0. The quantitative estimate of drug-likeness (QED) is 0.102. The lowest BCUT2D eigenvalue weighted by Gasteiger charge is -2.39. The Balaban J connectivity index is 1.35. The van der Waals surface area contributed by atoms with E-state index in [0.717, 1.165) is 34.5 Å². The third-order valence-corrected chi connectivity index (χ3v) is 12.7. The predicted molar refractivity (Wildman–Crippen MR) is 203 cm³/mol. The lowest BCUT2D eigenvalue weighted by atomic mass is 9.82. The molecule has 0 bridgehead atoms. The Morgan fingerprint density at radius 3 is 2.42 bits per heavy atom. The topological polar surface area (TPSA) is 137 Å². The monoisotopic (exact) mass is 760 g/mol. The van der Waals surface area contributed by atoms with Crippen LogP contribution in [0.15, 0.2) is 27.8 Å². The summed E-state index contributed by atoms with van der Waals surface area (Å²) in [6.07, 6.45) is 2.02. The van der Waals surface area contributed by atoms with Crippen LogP contribution in [-0.4, -0.2) is 88.6 Å². The number of alkyl halides is 1. The molecular weight excluding hydrogens is 708 g/mol. The summed E-state index contributed by atoms with van der Waals surface area (Å²) < 4.78 is 40.6. The van der Waals surface area contributed by atoms with Crippen LogP contribution < -0.4 is 26.0 Å². The highest BCUT2D eigenvalue weighted by atomic mass is 32.1. The number of aryl methyl sites for hydroxylation is 1. The molecule has 5 rings (SSSR count). The third-order valence-electron chi connectivity index (χ3n) is 10.2. The fourth-order valence-corrected chi connectivity index (χ4v) is 8.40. The van der Waals surface area contributed by atoms with Crippen LogP contribution in [0.3, 0.4) is 0 Å². The molecule has 2 aromatic heterocycles. The van der Waals surface area contributed by atoms with Crippen molar-refractivity contribution in [2.45, 2.75) is 115 Å². The third kappa shape index (κ3) is 8.08. The van der Waals surface area contributed by atoms with Gasteiger partial charge in [-0.3, -0.25) is 18.7 Å². The number of carbonyl (C=O) groups excluding carboxylic acids is 2. The van der Waals surface area contributed by atoms with E-state index in [9.17, 15) is 19.2 Å². The van der Waals surface area contributed by atoms with E-state index in [1.807, 2.05) is 19.1 Å². The Morgan fingerprint density at radius 2 is 1.79 bits per heavy atom. The number of benzene rings is 1. The number of nitrogens with zero attached hydrogens (tertiary/aromatic N) is 5. The van der Waals surface area contributed by atoms with Crippen molar-refractivity contribution >= 4 is 47.6 Å². The number of urea groups is 1. The average molecular weight is 761 g/mol. The standard InChI is InChI=1S/C36H53FN6O7SSi/c1-9-10-17-40-29-28(30(51-39-29)38-21-24-11-12-26(48-4)20-27(24)49-5)31(44)43(34(40)47)25-13-15-36(37,16-14-25)22-42-33(46)41(32(45)35(42,2)3)23-50-18-19-52(6,7)8/h11-12,20,25,38H,9-10,13-19,21-23H2,1-8H3. The van der Waals surface area contributed by atoms with Crippen LogP contribution in [0.2, 0.25) is 25.7 Å². The van der Waals surface area contributed by atoms with Gasteiger partial charge in [-0.2, -0.15) is 4.37 Å². The number of hydrogen-bond donors (Lipinski definition) is 1. The van der Waals surface area contributed by atoms with Gasteiger partial charge in [0.1, 0.15) is 39.8 Å². The van der Waals surface area contributed by atoms with Gasteiger partial charge >= 0.3 is 11.7 Å². The molecule has 2 fully saturated rings. The van der Waals surface area contributed by atoms with Crippen LogP contribution in [0.25, 0.3) is 11.0 Å². The fraction of sp³-hybridized carbons (Fsp3) is 0.639. The molecule has 286 valence electrons. The zero-order valence-corrected chi connectivity index (χ0v) is 33.5. The molecular formula is C36H53FN6O7SSi. The van der Waals surface area contributed by atoms with Gasteiger partial charge in [0.05, 0.1) is 20.8 Å². The minimum atomic E-state index is -1.80. The highest BCUT2D eigenvalue weighted by Crippen LogP contribution is 2.40. The maximum absolute atomic E-state index is 16.7. The molecule has 2 aliphatic rings. The second-order valence-electron chi connectivity index (χ2n) is 15.6. The number of fused-ring (bicyclic) bond motifs is 1. The largest absolute Gasteiger partial charge is 0.497 e. The van der Waals surface area contributed by atoms with Crippen LogP contribution in [0.5, 0.6) is 11.5 Å². The van der Waals surface area contributed by atoms with Crippen LogP contribution in [0.1, 0.15) is 70.9 Å². The number of aromatic nitrogens is 3. The van der Waals surface area contributed by atoms with Crippen LogP contribution in [0.4, 0.5) is 14.2 Å². The average Bonchev–Trinajstić information content (AvgIpc) is 3.59. The number of carbonyl (C=O) groups is 2. The smallest absolute Gasteiger partial charge is 0.332 e. The maximum Gasteiger partial charge on any atom is 0.332 e. The van der Waals surface area contributed by atoms with Gasteiger partial charge in [0, 0.05) is 45.4 Å². The van der Waals surface area contributed by atoms with Gasteiger partial charge in [0.15, 0.2) is 5.65 Å². The molecule has 0 radical (unpaired) electrons. The van der Waals surface area contributed by atoms with Crippen molar-refractivity contribution in [3.05, 3.63) is 44.6 Å². The summed E-state index contributed by atoms with van der Waals surface area (Å²) in [4.78, 5) is 57.3. The lowest BCUT2D eigenvalue weighted by Crippen LogP contribution is -2.52. The molecule has 1 N–H and O–H groups in total. The molecule has 1 saturated heterocycles. The van der Waals surface area contributed by atoms with Gasteiger partial charge in [-0.15, -0.1) is 0 Å². The summed E-state index contributed by atoms with van der Waals surface area (Å²) in [7, 11) is 1.79. The molecule has 3 aromatic rings. The first kappa shape index (κ1) is 39.4. The van der Waals surface area contributed by atoms with E-state index < -0.39 is 48.5 Å². The summed E-state index contributed by atoms with van der Waals surface area (Å²) in [5, 5.41) is 4.18. The number of unbranched alkanes of at least 4 members (excludes halogenated alkanes) is 1. The Kier molecular flexibility index (Phi) is 11.9. The van der Waals surface area contributed by atoms with E-state index in [0.29, 0.717) is 53.7 Å². The van der Waals surface area contributed by atoms with E-state index in [1.54, 1.807) is 38.7 Å². The zero-order valence-electron chi connectivity index (χ0n) is 31.7. The van der Waals surface area contributed by atoms with Gasteiger partial charge in [-0.05, 0) is 75.7 Å². The first-order chi connectivity index (χ1) is 24.5. The Morgan fingerprint density at radius 1 is 1.08 bits per heavy atom. The number of halogens is 1. The number of amides is 3. The molecule has 0 spiro atoms. The molecule has 1 aromatic carbocycles. The maximum atomic E-state index is 16.7. The molecule has 3 heterocycles. The van der Waals surface area contributed by atoms with Gasteiger partial charge in [-0.1, -0.05) is 33.0 Å². The van der Waals surface area contributed by atoms with E-state index in [4.69, 9.17) is 14.2 Å². The Bertz CT molecular complexity index is 1900. The number of anilines is 1. The predicted octanol–water partition coefficient (Wildman–Crippen LogP) is 6.23. The van der Waals surface area contributed by atoms with Gasteiger partial charge in [-0.25, -0.2) is 18.9 Å². The van der Waals surface area contributed by atoms with Gasteiger partial charge < -0.3 is 24.4 Å². The van der Waals surface area contributed by atoms with Crippen molar-refractivity contribution in [3.63, 3.8) is 0 Å². The molecule has 13 nitrogen and oxygen atoms in total. The van der Waals surface area contributed by atoms with E-state index in [-0.39, 0.29) is 39.0 Å². The van der Waals surface area contributed by atoms with Crippen molar-refractivity contribution in [1.29, 1.82) is 0 Å².